The number of hydrogen-bond acceptors (Lipinski definition) is 2. The van der Waals surface area contributed by atoms with E-state index in [-0.39, 0.29) is 5.54 Å². The molecule has 3 heteroatoms. The van der Waals surface area contributed by atoms with E-state index in [1.807, 2.05) is 6.07 Å². The van der Waals surface area contributed by atoms with Gasteiger partial charge in [-0.25, -0.2) is 0 Å². The Bertz CT molecular complexity index is 437. The van der Waals surface area contributed by atoms with E-state index in [0.717, 1.165) is 18.1 Å². The normalized spacial score (nSPS) is 20.1. The van der Waals surface area contributed by atoms with Crippen LogP contribution in [0.25, 0.3) is 0 Å². The molecule has 0 aliphatic carbocycles. The topological polar surface area (TPSA) is 15.3 Å². The first kappa shape index (κ1) is 14.7. The van der Waals surface area contributed by atoms with Crippen molar-refractivity contribution in [1.29, 1.82) is 0 Å². The van der Waals surface area contributed by atoms with Crippen LogP contribution in [-0.2, 0) is 6.54 Å². The molecule has 1 N–H and O–H groups in total. The average Bonchev–Trinajstić information content (AvgIpc) is 2.72. The second-order valence-electron chi connectivity index (χ2n) is 6.56. The van der Waals surface area contributed by atoms with Gasteiger partial charge in [0.05, 0.1) is 0 Å². The summed E-state index contributed by atoms with van der Waals surface area (Å²) in [6, 6.07) is 6.90. The Labute approximate surface area is 122 Å². The third kappa shape index (κ3) is 3.87. The second-order valence-corrected chi connectivity index (χ2v) is 7.00. The maximum atomic E-state index is 6.16. The van der Waals surface area contributed by atoms with E-state index >= 15 is 0 Å². The molecule has 0 amide bonds. The molecule has 1 aliphatic rings. The lowest BCUT2D eigenvalue weighted by atomic mass is 10.1. The van der Waals surface area contributed by atoms with Crippen molar-refractivity contribution in [2.24, 2.45) is 0 Å². The monoisotopic (exact) mass is 280 g/mol. The summed E-state index contributed by atoms with van der Waals surface area (Å²) in [5, 5.41) is 4.38. The van der Waals surface area contributed by atoms with Crippen molar-refractivity contribution in [3.05, 3.63) is 28.8 Å². The zero-order valence-corrected chi connectivity index (χ0v) is 13.2. The first-order valence-corrected chi connectivity index (χ1v) is 7.55. The summed E-state index contributed by atoms with van der Waals surface area (Å²) in [5.41, 5.74) is 2.76. The van der Waals surface area contributed by atoms with Gasteiger partial charge in [0.25, 0.3) is 0 Å². The van der Waals surface area contributed by atoms with E-state index in [2.05, 4.69) is 50.0 Å². The summed E-state index contributed by atoms with van der Waals surface area (Å²) in [6.45, 7) is 10.9. The highest BCUT2D eigenvalue weighted by Crippen LogP contribution is 2.30. The van der Waals surface area contributed by atoms with Crippen LogP contribution in [0.2, 0.25) is 5.02 Å². The molecule has 1 aliphatic heterocycles. The lowest BCUT2D eigenvalue weighted by Crippen LogP contribution is -2.36. The third-order valence-electron chi connectivity index (χ3n) is 3.71. The Kier molecular flexibility index (Phi) is 4.42. The zero-order chi connectivity index (χ0) is 14.0. The quantitative estimate of drug-likeness (QED) is 0.892. The molecule has 0 bridgehead atoms. The Balaban J connectivity index is 2.22. The summed E-state index contributed by atoms with van der Waals surface area (Å²) in [7, 11) is 0. The molecule has 0 aromatic heterocycles. The average molecular weight is 281 g/mol. The fourth-order valence-corrected chi connectivity index (χ4v) is 2.82. The molecule has 1 atom stereocenters. The van der Waals surface area contributed by atoms with Gasteiger partial charge in [0.15, 0.2) is 0 Å². The van der Waals surface area contributed by atoms with Crippen LogP contribution in [0, 0.1) is 0 Å². The lowest BCUT2D eigenvalue weighted by Gasteiger charge is -2.28. The maximum absolute atomic E-state index is 6.16. The van der Waals surface area contributed by atoms with E-state index < -0.39 is 0 Å². The van der Waals surface area contributed by atoms with Gasteiger partial charge in [0.2, 0.25) is 0 Å². The molecule has 19 heavy (non-hydrogen) atoms. The predicted molar refractivity (Wildman–Crippen MR) is 84.1 cm³/mol. The first-order valence-electron chi connectivity index (χ1n) is 7.17. The standard InChI is InChI=1S/C16H25ClN2/c1-12-6-5-9-19(12)15-8-7-14(17)10-13(15)11-18-16(2,3)4/h7-8,10,12,18H,5-6,9,11H2,1-4H3. The SMILES string of the molecule is CC1CCCN1c1ccc(Cl)cc1CNC(C)(C)C. The van der Waals surface area contributed by atoms with Gasteiger partial charge in [-0.3, -0.25) is 0 Å². The van der Waals surface area contributed by atoms with Gasteiger partial charge >= 0.3 is 0 Å². The van der Waals surface area contributed by atoms with Crippen LogP contribution < -0.4 is 10.2 Å². The van der Waals surface area contributed by atoms with Gasteiger partial charge in [-0.1, -0.05) is 11.6 Å². The molecule has 0 saturated carbocycles. The van der Waals surface area contributed by atoms with Crippen LogP contribution in [0.1, 0.15) is 46.1 Å². The van der Waals surface area contributed by atoms with Crippen molar-refractivity contribution in [3.8, 4) is 0 Å². The van der Waals surface area contributed by atoms with Crippen molar-refractivity contribution in [2.45, 2.75) is 58.7 Å². The molecule has 1 aromatic rings. The molecule has 0 radical (unpaired) electrons. The van der Waals surface area contributed by atoms with Crippen molar-refractivity contribution in [2.75, 3.05) is 11.4 Å². The number of nitrogens with zero attached hydrogens (tertiary/aromatic N) is 1. The molecule has 1 fully saturated rings. The van der Waals surface area contributed by atoms with Gasteiger partial charge in [0, 0.05) is 35.4 Å². The summed E-state index contributed by atoms with van der Waals surface area (Å²) in [5.74, 6) is 0. The number of halogens is 1. The van der Waals surface area contributed by atoms with E-state index in [1.165, 1.54) is 24.1 Å². The van der Waals surface area contributed by atoms with E-state index in [0.29, 0.717) is 6.04 Å². The fraction of sp³-hybridized carbons (Fsp3) is 0.625. The van der Waals surface area contributed by atoms with E-state index in [1.54, 1.807) is 0 Å². The van der Waals surface area contributed by atoms with E-state index in [4.69, 9.17) is 11.6 Å². The molecule has 1 unspecified atom stereocenters. The van der Waals surface area contributed by atoms with Crippen LogP contribution in [0.3, 0.4) is 0 Å². The highest BCUT2D eigenvalue weighted by atomic mass is 35.5. The summed E-state index contributed by atoms with van der Waals surface area (Å²) in [6.07, 6.45) is 2.57. The fourth-order valence-electron chi connectivity index (χ4n) is 2.63. The number of benzene rings is 1. The Morgan fingerprint density at radius 1 is 1.37 bits per heavy atom. The van der Waals surface area contributed by atoms with Crippen molar-refractivity contribution >= 4 is 17.3 Å². The van der Waals surface area contributed by atoms with Crippen LogP contribution >= 0.6 is 11.6 Å². The van der Waals surface area contributed by atoms with Gasteiger partial charge in [-0.2, -0.15) is 0 Å². The number of anilines is 1. The molecule has 2 nitrogen and oxygen atoms in total. The van der Waals surface area contributed by atoms with E-state index in [9.17, 15) is 0 Å². The number of nitrogens with one attached hydrogen (secondary N) is 1. The second kappa shape index (κ2) is 5.72. The molecule has 2 rings (SSSR count). The van der Waals surface area contributed by atoms with Crippen LogP contribution in [0.5, 0.6) is 0 Å². The van der Waals surface area contributed by atoms with Gasteiger partial charge < -0.3 is 10.2 Å². The van der Waals surface area contributed by atoms with Crippen LogP contribution in [-0.4, -0.2) is 18.1 Å². The molecular formula is C16H25ClN2. The Morgan fingerprint density at radius 3 is 2.68 bits per heavy atom. The predicted octanol–water partition coefficient (Wildman–Crippen LogP) is 4.22. The van der Waals surface area contributed by atoms with Crippen LogP contribution in [0.15, 0.2) is 18.2 Å². The largest absolute Gasteiger partial charge is 0.369 e. The van der Waals surface area contributed by atoms with Crippen molar-refractivity contribution in [1.82, 2.24) is 5.32 Å². The smallest absolute Gasteiger partial charge is 0.0415 e. The minimum Gasteiger partial charge on any atom is -0.369 e. The molecule has 1 saturated heterocycles. The first-order chi connectivity index (χ1) is 8.87. The molecular weight excluding hydrogens is 256 g/mol. The molecule has 106 valence electrons. The summed E-state index contributed by atoms with van der Waals surface area (Å²) < 4.78 is 0. The summed E-state index contributed by atoms with van der Waals surface area (Å²) >= 11 is 6.16. The van der Waals surface area contributed by atoms with Gasteiger partial charge in [0.1, 0.15) is 0 Å². The van der Waals surface area contributed by atoms with Crippen molar-refractivity contribution < 1.29 is 0 Å². The minimum atomic E-state index is 0.121. The Hall–Kier alpha value is -0.730. The number of hydrogen-bond donors (Lipinski definition) is 1. The Morgan fingerprint density at radius 2 is 2.11 bits per heavy atom. The maximum Gasteiger partial charge on any atom is 0.0415 e. The third-order valence-corrected chi connectivity index (χ3v) is 3.95. The molecule has 0 spiro atoms. The van der Waals surface area contributed by atoms with Crippen LogP contribution in [0.4, 0.5) is 5.69 Å². The van der Waals surface area contributed by atoms with Crippen molar-refractivity contribution in [3.63, 3.8) is 0 Å². The van der Waals surface area contributed by atoms with Gasteiger partial charge in [-0.05, 0) is 64.3 Å². The van der Waals surface area contributed by atoms with Gasteiger partial charge in [-0.15, -0.1) is 0 Å². The highest BCUT2D eigenvalue weighted by Gasteiger charge is 2.23. The molecule has 1 heterocycles. The molecule has 1 aromatic carbocycles. The number of rotatable bonds is 3. The summed E-state index contributed by atoms with van der Waals surface area (Å²) in [4.78, 5) is 2.51. The lowest BCUT2D eigenvalue weighted by molar-refractivity contribution is 0.424. The zero-order valence-electron chi connectivity index (χ0n) is 12.5. The minimum absolute atomic E-state index is 0.121. The highest BCUT2D eigenvalue weighted by molar-refractivity contribution is 6.30.